The number of primary amides is 1. The number of nitrogens with two attached hydrogens (primary N) is 1. The number of phenolic OH excluding ortho intramolecular Hbond substituents is 1. The molecule has 8 heteroatoms. The van der Waals surface area contributed by atoms with Gasteiger partial charge in [0.15, 0.2) is 11.5 Å². The molecule has 0 spiro atoms. The van der Waals surface area contributed by atoms with Crippen molar-refractivity contribution in [2.45, 2.75) is 32.6 Å². The molecule has 2 amide bonds. The number of fused-ring (bicyclic) bond motifs is 1. The van der Waals surface area contributed by atoms with Crippen LogP contribution in [-0.4, -0.2) is 23.5 Å². The number of hydrogen-bond acceptors (Lipinski definition) is 6. The van der Waals surface area contributed by atoms with Gasteiger partial charge >= 0.3 is 0 Å². The molecule has 0 atom stereocenters. The smallest absolute Gasteiger partial charge is 0.266 e. The number of aromatic hydroxyl groups is 1. The molecule has 0 saturated heterocycles. The Balaban J connectivity index is 1.89. The van der Waals surface area contributed by atoms with Crippen molar-refractivity contribution in [2.75, 3.05) is 11.9 Å². The Labute approximate surface area is 172 Å². The van der Waals surface area contributed by atoms with Gasteiger partial charge in [-0.2, -0.15) is 5.26 Å². The Morgan fingerprint density at radius 3 is 2.83 bits per heavy atom. The molecule has 29 heavy (non-hydrogen) atoms. The third kappa shape index (κ3) is 4.41. The number of phenols is 1. The van der Waals surface area contributed by atoms with Crippen LogP contribution in [0.1, 0.15) is 46.1 Å². The van der Waals surface area contributed by atoms with Gasteiger partial charge in [-0.3, -0.25) is 9.59 Å². The lowest BCUT2D eigenvalue weighted by atomic mass is 9.95. The molecular weight excluding hydrogens is 390 g/mol. The SMILES string of the molecule is CCOc1cc(C=C(C#N)C(=O)Nc2sc3c(c2C(N)=O)CCCC3)ccc1O. The van der Waals surface area contributed by atoms with Crippen molar-refractivity contribution in [1.82, 2.24) is 0 Å². The number of benzene rings is 1. The molecule has 0 fully saturated rings. The van der Waals surface area contributed by atoms with Gasteiger partial charge in [0.2, 0.25) is 0 Å². The van der Waals surface area contributed by atoms with Crippen LogP contribution in [0.4, 0.5) is 5.00 Å². The number of carbonyl (C=O) groups excluding carboxylic acids is 2. The lowest BCUT2D eigenvalue weighted by Gasteiger charge is -2.11. The Bertz CT molecular complexity index is 1030. The highest BCUT2D eigenvalue weighted by Crippen LogP contribution is 2.38. The van der Waals surface area contributed by atoms with Crippen LogP contribution in [0, 0.1) is 11.3 Å². The van der Waals surface area contributed by atoms with Gasteiger partial charge in [0.25, 0.3) is 11.8 Å². The first kappa shape index (κ1) is 20.4. The average Bonchev–Trinajstić information content (AvgIpc) is 3.06. The van der Waals surface area contributed by atoms with Crippen LogP contribution in [0.2, 0.25) is 0 Å². The van der Waals surface area contributed by atoms with Gasteiger partial charge < -0.3 is 20.9 Å². The number of carbonyl (C=O) groups is 2. The second-order valence-corrected chi connectivity index (χ2v) is 7.67. The molecule has 0 bridgehead atoms. The number of anilines is 1. The quantitative estimate of drug-likeness (QED) is 0.496. The topological polar surface area (TPSA) is 125 Å². The summed E-state index contributed by atoms with van der Waals surface area (Å²) in [5.74, 6) is -0.968. The summed E-state index contributed by atoms with van der Waals surface area (Å²) in [5.41, 5.74) is 7.19. The summed E-state index contributed by atoms with van der Waals surface area (Å²) in [6.07, 6.45) is 5.02. The van der Waals surface area contributed by atoms with E-state index in [1.165, 1.54) is 23.5 Å². The standard InChI is InChI=1S/C21H21N3O4S/c1-2-28-16-10-12(7-8-15(16)25)9-13(11-22)20(27)24-21-18(19(23)26)14-5-3-4-6-17(14)29-21/h7-10,25H,2-6H2,1H3,(H2,23,26)(H,24,27). The first-order valence-corrected chi connectivity index (χ1v) is 10.1. The molecule has 7 nitrogen and oxygen atoms in total. The van der Waals surface area contributed by atoms with Crippen LogP contribution < -0.4 is 15.8 Å². The minimum atomic E-state index is -0.625. The summed E-state index contributed by atoms with van der Waals surface area (Å²) < 4.78 is 5.32. The van der Waals surface area contributed by atoms with Crippen LogP contribution in [-0.2, 0) is 17.6 Å². The first-order valence-electron chi connectivity index (χ1n) is 9.27. The number of nitrogens with zero attached hydrogens (tertiary/aromatic N) is 1. The predicted octanol–water partition coefficient (Wildman–Crippen LogP) is 3.38. The molecule has 1 aromatic carbocycles. The summed E-state index contributed by atoms with van der Waals surface area (Å²) >= 11 is 1.34. The van der Waals surface area contributed by atoms with Gasteiger partial charge in [-0.05, 0) is 61.9 Å². The maximum atomic E-state index is 12.7. The van der Waals surface area contributed by atoms with Gasteiger partial charge in [0.05, 0.1) is 12.2 Å². The highest BCUT2D eigenvalue weighted by Gasteiger charge is 2.25. The molecule has 1 heterocycles. The summed E-state index contributed by atoms with van der Waals surface area (Å²) in [6, 6.07) is 6.43. The lowest BCUT2D eigenvalue weighted by molar-refractivity contribution is -0.112. The van der Waals surface area contributed by atoms with Crippen molar-refractivity contribution in [3.63, 3.8) is 0 Å². The van der Waals surface area contributed by atoms with Gasteiger partial charge in [-0.1, -0.05) is 6.07 Å². The number of nitriles is 1. The van der Waals surface area contributed by atoms with Crippen molar-refractivity contribution in [1.29, 1.82) is 5.26 Å². The Kier molecular flexibility index (Phi) is 6.20. The fraction of sp³-hybridized carbons (Fsp3) is 0.286. The first-order chi connectivity index (χ1) is 13.9. The molecule has 2 aromatic rings. The molecule has 0 aliphatic heterocycles. The zero-order valence-electron chi connectivity index (χ0n) is 15.9. The minimum Gasteiger partial charge on any atom is -0.504 e. The molecular formula is C21H21N3O4S. The van der Waals surface area contributed by atoms with Gasteiger partial charge in [-0.25, -0.2) is 0 Å². The van der Waals surface area contributed by atoms with Crippen LogP contribution in [0.15, 0.2) is 23.8 Å². The van der Waals surface area contributed by atoms with E-state index >= 15 is 0 Å². The van der Waals surface area contributed by atoms with Crippen molar-refractivity contribution in [2.24, 2.45) is 5.73 Å². The van der Waals surface area contributed by atoms with Crippen molar-refractivity contribution in [3.05, 3.63) is 45.3 Å². The summed E-state index contributed by atoms with van der Waals surface area (Å²) in [7, 11) is 0. The molecule has 0 saturated carbocycles. The monoisotopic (exact) mass is 411 g/mol. The molecule has 0 unspecified atom stereocenters. The molecule has 1 aliphatic rings. The minimum absolute atomic E-state index is 0.0257. The Morgan fingerprint density at radius 1 is 1.38 bits per heavy atom. The second-order valence-electron chi connectivity index (χ2n) is 6.56. The number of ether oxygens (including phenoxy) is 1. The number of aryl methyl sites for hydroxylation is 1. The van der Waals surface area contributed by atoms with Crippen LogP contribution >= 0.6 is 11.3 Å². The van der Waals surface area contributed by atoms with Crippen LogP contribution in [0.25, 0.3) is 6.08 Å². The van der Waals surface area contributed by atoms with E-state index in [4.69, 9.17) is 10.5 Å². The predicted molar refractivity (Wildman–Crippen MR) is 111 cm³/mol. The van der Waals surface area contributed by atoms with Gasteiger partial charge in [-0.15, -0.1) is 11.3 Å². The molecule has 1 aromatic heterocycles. The number of rotatable bonds is 6. The van der Waals surface area contributed by atoms with E-state index in [9.17, 15) is 20.0 Å². The Morgan fingerprint density at radius 2 is 2.14 bits per heavy atom. The zero-order valence-corrected chi connectivity index (χ0v) is 16.8. The fourth-order valence-corrected chi connectivity index (χ4v) is 4.58. The maximum Gasteiger partial charge on any atom is 0.266 e. The normalized spacial score (nSPS) is 13.3. The van der Waals surface area contributed by atoms with E-state index < -0.39 is 11.8 Å². The third-order valence-corrected chi connectivity index (χ3v) is 5.81. The molecule has 4 N–H and O–H groups in total. The van der Waals surface area contributed by atoms with Crippen LogP contribution in [0.3, 0.4) is 0 Å². The highest BCUT2D eigenvalue weighted by atomic mass is 32.1. The number of hydrogen-bond donors (Lipinski definition) is 3. The van der Waals surface area contributed by atoms with Crippen molar-refractivity contribution < 1.29 is 19.4 Å². The van der Waals surface area contributed by atoms with Gasteiger partial charge in [0, 0.05) is 4.88 Å². The van der Waals surface area contributed by atoms with Crippen molar-refractivity contribution >= 4 is 34.2 Å². The van der Waals surface area contributed by atoms with Crippen molar-refractivity contribution in [3.8, 4) is 17.6 Å². The van der Waals surface area contributed by atoms with E-state index in [2.05, 4.69) is 5.32 Å². The summed E-state index contributed by atoms with van der Waals surface area (Å²) in [5, 5.41) is 22.3. The third-order valence-electron chi connectivity index (χ3n) is 4.60. The number of nitrogens with one attached hydrogen (secondary N) is 1. The summed E-state index contributed by atoms with van der Waals surface area (Å²) in [6.45, 7) is 2.15. The number of amides is 2. The van der Waals surface area contributed by atoms with Crippen LogP contribution in [0.5, 0.6) is 11.5 Å². The average molecular weight is 411 g/mol. The molecule has 150 valence electrons. The molecule has 1 aliphatic carbocycles. The van der Waals surface area contributed by atoms with E-state index in [0.717, 1.165) is 36.1 Å². The molecule has 0 radical (unpaired) electrons. The zero-order chi connectivity index (χ0) is 21.0. The van der Waals surface area contributed by atoms with E-state index in [1.54, 1.807) is 19.1 Å². The highest BCUT2D eigenvalue weighted by molar-refractivity contribution is 7.17. The summed E-state index contributed by atoms with van der Waals surface area (Å²) in [4.78, 5) is 25.7. The number of thiophene rings is 1. The second kappa shape index (κ2) is 8.80. The lowest BCUT2D eigenvalue weighted by Crippen LogP contribution is -2.19. The fourth-order valence-electron chi connectivity index (χ4n) is 3.29. The van der Waals surface area contributed by atoms with Gasteiger partial charge in [0.1, 0.15) is 16.6 Å². The van der Waals surface area contributed by atoms with E-state index in [1.807, 2.05) is 6.07 Å². The Hall–Kier alpha value is -3.31. The molecule has 3 rings (SSSR count). The van der Waals surface area contributed by atoms with E-state index in [-0.39, 0.29) is 17.1 Å². The maximum absolute atomic E-state index is 12.7. The van der Waals surface area contributed by atoms with E-state index in [0.29, 0.717) is 22.7 Å². The largest absolute Gasteiger partial charge is 0.504 e.